The van der Waals surface area contributed by atoms with Gasteiger partial charge < -0.3 is 15.6 Å². The molecular formula is C25H25F3N4O3. The molecule has 2 aliphatic heterocycles. The Morgan fingerprint density at radius 2 is 1.80 bits per heavy atom. The zero-order chi connectivity index (χ0) is 24.9. The number of nitrogens with one attached hydrogen (secondary N) is 3. The Kier molecular flexibility index (Phi) is 5.79. The maximum absolute atomic E-state index is 14.3. The minimum Gasteiger partial charge on any atom is -0.348 e. The van der Waals surface area contributed by atoms with Crippen LogP contribution in [-0.4, -0.2) is 27.0 Å². The Morgan fingerprint density at radius 1 is 1.11 bits per heavy atom. The van der Waals surface area contributed by atoms with Crippen molar-refractivity contribution >= 4 is 16.8 Å². The van der Waals surface area contributed by atoms with Gasteiger partial charge in [0.2, 0.25) is 5.91 Å². The molecule has 35 heavy (non-hydrogen) atoms. The second-order valence-electron chi connectivity index (χ2n) is 9.61. The van der Waals surface area contributed by atoms with Gasteiger partial charge in [-0.25, -0.2) is 22.5 Å². The third-order valence-electron chi connectivity index (χ3n) is 7.33. The van der Waals surface area contributed by atoms with Gasteiger partial charge in [-0.05, 0) is 63.3 Å². The number of nitrogens with zero attached hydrogens (tertiary/aromatic N) is 1. The van der Waals surface area contributed by atoms with Gasteiger partial charge in [0, 0.05) is 23.2 Å². The van der Waals surface area contributed by atoms with Crippen LogP contribution in [0.5, 0.6) is 0 Å². The first kappa shape index (κ1) is 23.3. The molecule has 2 aromatic carbocycles. The molecule has 7 nitrogen and oxygen atoms in total. The molecule has 3 aromatic rings. The lowest BCUT2D eigenvalue weighted by molar-refractivity contribution is -0.126. The summed E-state index contributed by atoms with van der Waals surface area (Å²) in [7, 11) is 0. The molecule has 2 aliphatic rings. The van der Waals surface area contributed by atoms with E-state index >= 15 is 0 Å². The maximum Gasteiger partial charge on any atom is 0.329 e. The van der Waals surface area contributed by atoms with Crippen LogP contribution in [-0.2, 0) is 4.79 Å². The van der Waals surface area contributed by atoms with Crippen molar-refractivity contribution in [3.05, 3.63) is 80.3 Å². The second-order valence-corrected chi connectivity index (χ2v) is 9.61. The number of amides is 1. The van der Waals surface area contributed by atoms with Gasteiger partial charge in [-0.3, -0.25) is 9.59 Å². The fraction of sp³-hybridized carbons (Fsp3) is 0.400. The number of fused-ring (bicyclic) bond motifs is 3. The minimum atomic E-state index is -1.23. The lowest BCUT2D eigenvalue weighted by Crippen LogP contribution is -2.49. The molecule has 2 saturated heterocycles. The zero-order valence-electron chi connectivity index (χ0n) is 19.0. The van der Waals surface area contributed by atoms with E-state index in [1.165, 1.54) is 19.1 Å². The monoisotopic (exact) mass is 486 g/mol. The summed E-state index contributed by atoms with van der Waals surface area (Å²) in [6, 6.07) is 4.74. The topological polar surface area (TPSA) is 96.0 Å². The number of hydrogen-bond acceptors (Lipinski definition) is 4. The van der Waals surface area contributed by atoms with E-state index in [1.54, 1.807) is 0 Å². The predicted octanol–water partition coefficient (Wildman–Crippen LogP) is 3.20. The van der Waals surface area contributed by atoms with Gasteiger partial charge in [0.1, 0.15) is 23.5 Å². The number of aromatic nitrogens is 2. The van der Waals surface area contributed by atoms with E-state index in [4.69, 9.17) is 0 Å². The molecule has 1 aromatic heterocycles. The molecule has 184 valence electrons. The quantitative estimate of drug-likeness (QED) is 0.499. The number of aromatic amines is 1. The van der Waals surface area contributed by atoms with E-state index < -0.39 is 52.2 Å². The van der Waals surface area contributed by atoms with E-state index in [0.29, 0.717) is 6.04 Å². The summed E-state index contributed by atoms with van der Waals surface area (Å²) in [6.07, 6.45) is 3.61. The smallest absolute Gasteiger partial charge is 0.329 e. The van der Waals surface area contributed by atoms with Gasteiger partial charge in [0.05, 0.1) is 16.9 Å². The lowest BCUT2D eigenvalue weighted by Gasteiger charge is -2.31. The summed E-state index contributed by atoms with van der Waals surface area (Å²) >= 11 is 0. The average molecular weight is 486 g/mol. The molecule has 2 fully saturated rings. The molecule has 1 unspecified atom stereocenters. The normalized spacial score (nSPS) is 22.9. The molecular weight excluding hydrogens is 461 g/mol. The number of H-pyrrole nitrogens is 1. The van der Waals surface area contributed by atoms with Crippen LogP contribution in [0.3, 0.4) is 0 Å². The summed E-state index contributed by atoms with van der Waals surface area (Å²) in [5.41, 5.74) is -1.76. The van der Waals surface area contributed by atoms with Crippen LogP contribution >= 0.6 is 0 Å². The Bertz CT molecular complexity index is 1430. The molecule has 3 heterocycles. The first-order valence-electron chi connectivity index (χ1n) is 11.6. The first-order valence-corrected chi connectivity index (χ1v) is 11.6. The van der Waals surface area contributed by atoms with Crippen molar-refractivity contribution < 1.29 is 18.0 Å². The first-order chi connectivity index (χ1) is 16.7. The van der Waals surface area contributed by atoms with Gasteiger partial charge in [-0.15, -0.1) is 0 Å². The fourth-order valence-corrected chi connectivity index (χ4v) is 5.55. The second kappa shape index (κ2) is 8.67. The predicted molar refractivity (Wildman–Crippen MR) is 123 cm³/mol. The molecule has 3 N–H and O–H groups in total. The molecule has 2 atom stereocenters. The number of carbonyl (C=O) groups is 1. The standard InChI is InChI=1S/C25H25F3N4O3/c1-13(17-4-2-15(27)11-19(17)28)29-22(33)21(12-25-8-6-16(31-25)7-9-25)32-23(34)18-10-14(26)3-5-20(18)30-24(32)35/h2-5,10-11,13,16,21,31H,6-9,12H2,1H3,(H,29,33)(H,30,35)/t13-,16?,21?,25?/m0/s1. The van der Waals surface area contributed by atoms with Crippen LogP contribution < -0.4 is 21.9 Å². The molecule has 0 spiro atoms. The van der Waals surface area contributed by atoms with Crippen LogP contribution in [0.1, 0.15) is 56.7 Å². The third kappa shape index (κ3) is 4.27. The van der Waals surface area contributed by atoms with Crippen LogP contribution in [0.15, 0.2) is 46.0 Å². The Morgan fingerprint density at radius 3 is 2.46 bits per heavy atom. The lowest BCUT2D eigenvalue weighted by atomic mass is 9.82. The third-order valence-corrected chi connectivity index (χ3v) is 7.33. The van der Waals surface area contributed by atoms with E-state index in [1.807, 2.05) is 0 Å². The van der Waals surface area contributed by atoms with Gasteiger partial charge in [0.25, 0.3) is 5.56 Å². The number of carbonyl (C=O) groups excluding carboxylic acids is 1. The average Bonchev–Trinajstić information content (AvgIpc) is 3.40. The highest BCUT2D eigenvalue weighted by Crippen LogP contribution is 2.42. The summed E-state index contributed by atoms with van der Waals surface area (Å²) in [5.74, 6) is -2.87. The Labute approximate surface area is 198 Å². The molecule has 1 amide bonds. The summed E-state index contributed by atoms with van der Waals surface area (Å²) in [4.78, 5) is 42.5. The largest absolute Gasteiger partial charge is 0.348 e. The van der Waals surface area contributed by atoms with Gasteiger partial charge >= 0.3 is 5.69 Å². The highest BCUT2D eigenvalue weighted by Gasteiger charge is 2.47. The van der Waals surface area contributed by atoms with Crippen molar-refractivity contribution in [1.29, 1.82) is 0 Å². The highest BCUT2D eigenvalue weighted by molar-refractivity contribution is 5.82. The number of benzene rings is 2. The Balaban J connectivity index is 1.55. The SMILES string of the molecule is C[C@H](NC(=O)C(CC12CCC(CC1)N2)n1c(=O)[nH]c2ccc(F)cc2c1=O)c1ccc(F)cc1F. The molecule has 0 saturated carbocycles. The number of hydrogen-bond donors (Lipinski definition) is 3. The number of halogens is 3. The summed E-state index contributed by atoms with van der Waals surface area (Å²) in [6.45, 7) is 1.53. The summed E-state index contributed by atoms with van der Waals surface area (Å²) < 4.78 is 42.4. The maximum atomic E-state index is 14.3. The molecule has 0 radical (unpaired) electrons. The summed E-state index contributed by atoms with van der Waals surface area (Å²) in [5, 5.41) is 6.14. The Hall–Kier alpha value is -3.40. The minimum absolute atomic E-state index is 0.0544. The van der Waals surface area contributed by atoms with Gasteiger partial charge in [-0.2, -0.15) is 0 Å². The van der Waals surface area contributed by atoms with E-state index in [2.05, 4.69) is 15.6 Å². The molecule has 10 heteroatoms. The van der Waals surface area contributed by atoms with Crippen molar-refractivity contribution in [2.24, 2.45) is 0 Å². The molecule has 2 bridgehead atoms. The molecule has 0 aliphatic carbocycles. The van der Waals surface area contributed by atoms with Crippen LogP contribution in [0.25, 0.3) is 10.9 Å². The van der Waals surface area contributed by atoms with E-state index in [-0.39, 0.29) is 22.9 Å². The van der Waals surface area contributed by atoms with Crippen LogP contribution in [0.2, 0.25) is 0 Å². The van der Waals surface area contributed by atoms with Gasteiger partial charge in [-0.1, -0.05) is 6.07 Å². The van der Waals surface area contributed by atoms with Crippen molar-refractivity contribution in [3.8, 4) is 0 Å². The van der Waals surface area contributed by atoms with Crippen LogP contribution in [0.4, 0.5) is 13.2 Å². The van der Waals surface area contributed by atoms with Gasteiger partial charge in [0.15, 0.2) is 0 Å². The van der Waals surface area contributed by atoms with E-state index in [9.17, 15) is 27.6 Å². The fourth-order valence-electron chi connectivity index (χ4n) is 5.55. The molecule has 5 rings (SSSR count). The van der Waals surface area contributed by atoms with E-state index in [0.717, 1.165) is 54.5 Å². The van der Waals surface area contributed by atoms with Crippen molar-refractivity contribution in [1.82, 2.24) is 20.2 Å². The van der Waals surface area contributed by atoms with Crippen molar-refractivity contribution in [2.45, 2.75) is 62.7 Å². The highest BCUT2D eigenvalue weighted by atomic mass is 19.1. The van der Waals surface area contributed by atoms with Crippen LogP contribution in [0, 0.1) is 17.5 Å². The van der Waals surface area contributed by atoms with Crippen molar-refractivity contribution in [3.63, 3.8) is 0 Å². The zero-order valence-corrected chi connectivity index (χ0v) is 19.0. The number of rotatable bonds is 6. The van der Waals surface area contributed by atoms with Crippen molar-refractivity contribution in [2.75, 3.05) is 0 Å².